The number of nitrogens with zero attached hydrogens (tertiary/aromatic N) is 2. The van der Waals surface area contributed by atoms with Crippen LogP contribution in [0.5, 0.6) is 0 Å². The van der Waals surface area contributed by atoms with Gasteiger partial charge in [0.25, 0.3) is 0 Å². The fraction of sp³-hybridized carbons (Fsp3) is 0.182. The fourth-order valence-corrected chi connectivity index (χ4v) is 1.42. The molecule has 0 fully saturated rings. The highest BCUT2D eigenvalue weighted by atomic mass is 16.1. The summed E-state index contributed by atoms with van der Waals surface area (Å²) in [7, 11) is 0. The summed E-state index contributed by atoms with van der Waals surface area (Å²) in [4.78, 5) is 15.7. The van der Waals surface area contributed by atoms with Crippen LogP contribution in [0.1, 0.15) is 29.0 Å². The molecule has 0 aliphatic heterocycles. The first-order valence-corrected chi connectivity index (χ1v) is 4.73. The van der Waals surface area contributed by atoms with Crippen LogP contribution in [-0.2, 0) is 0 Å². The molecule has 0 aliphatic rings. The lowest BCUT2D eigenvalue weighted by molar-refractivity contribution is 0.0956. The molecule has 1 N–H and O–H groups in total. The maximum Gasteiger partial charge on any atom is 0.206 e. The van der Waals surface area contributed by atoms with Gasteiger partial charge in [-0.2, -0.15) is 5.10 Å². The quantitative estimate of drug-likeness (QED) is 0.770. The summed E-state index contributed by atoms with van der Waals surface area (Å²) in [6.07, 6.45) is 1.34. The molecule has 0 amide bonds. The van der Waals surface area contributed by atoms with Crippen LogP contribution in [-0.4, -0.2) is 21.0 Å². The number of hydrogen-bond acceptors (Lipinski definition) is 3. The Morgan fingerprint density at radius 3 is 2.67 bits per heavy atom. The Hall–Kier alpha value is -1.97. The van der Waals surface area contributed by atoms with E-state index in [1.165, 1.54) is 6.33 Å². The molecule has 4 nitrogen and oxygen atoms in total. The average Bonchev–Trinajstić information content (AvgIpc) is 2.82. The number of aromatic amines is 1. The molecule has 1 atom stereocenters. The van der Waals surface area contributed by atoms with E-state index in [0.717, 1.165) is 5.56 Å². The van der Waals surface area contributed by atoms with Gasteiger partial charge in [-0.3, -0.25) is 9.89 Å². The Kier molecular flexibility index (Phi) is 2.58. The maximum absolute atomic E-state index is 11.9. The van der Waals surface area contributed by atoms with Crippen molar-refractivity contribution in [2.75, 3.05) is 0 Å². The zero-order valence-electron chi connectivity index (χ0n) is 8.34. The van der Waals surface area contributed by atoms with E-state index in [4.69, 9.17) is 0 Å². The van der Waals surface area contributed by atoms with E-state index in [-0.39, 0.29) is 11.7 Å². The van der Waals surface area contributed by atoms with Crippen molar-refractivity contribution in [3.63, 3.8) is 0 Å². The van der Waals surface area contributed by atoms with Crippen LogP contribution in [0, 0.1) is 0 Å². The molecule has 0 spiro atoms. The molecule has 0 aliphatic carbocycles. The van der Waals surface area contributed by atoms with E-state index in [1.807, 2.05) is 37.3 Å². The highest BCUT2D eigenvalue weighted by molar-refractivity contribution is 5.97. The summed E-state index contributed by atoms with van der Waals surface area (Å²) in [5, 5.41) is 6.24. The number of ketones is 1. The first kappa shape index (κ1) is 9.58. The second-order valence-electron chi connectivity index (χ2n) is 3.33. The van der Waals surface area contributed by atoms with Crippen molar-refractivity contribution in [1.29, 1.82) is 0 Å². The van der Waals surface area contributed by atoms with E-state index in [9.17, 15) is 4.79 Å². The molecule has 76 valence electrons. The number of H-pyrrole nitrogens is 1. The summed E-state index contributed by atoms with van der Waals surface area (Å²) in [6.45, 7) is 1.86. The number of Topliss-reactive ketones (excluding diaryl/α,β-unsaturated/α-hetero) is 1. The van der Waals surface area contributed by atoms with Crippen LogP contribution in [0.3, 0.4) is 0 Å². The van der Waals surface area contributed by atoms with Crippen molar-refractivity contribution in [3.05, 3.63) is 48.0 Å². The number of aromatic nitrogens is 3. The second kappa shape index (κ2) is 4.04. The van der Waals surface area contributed by atoms with Gasteiger partial charge in [-0.25, -0.2) is 4.98 Å². The smallest absolute Gasteiger partial charge is 0.206 e. The van der Waals surface area contributed by atoms with Crippen molar-refractivity contribution in [1.82, 2.24) is 15.2 Å². The van der Waals surface area contributed by atoms with Gasteiger partial charge >= 0.3 is 0 Å². The third-order valence-corrected chi connectivity index (χ3v) is 2.34. The Balaban J connectivity index is 2.23. The Morgan fingerprint density at radius 2 is 2.07 bits per heavy atom. The minimum atomic E-state index is -0.195. The number of carbonyl (C=O) groups is 1. The molecule has 0 bridgehead atoms. The van der Waals surface area contributed by atoms with E-state index in [2.05, 4.69) is 15.2 Å². The number of benzene rings is 1. The minimum Gasteiger partial charge on any atom is -0.290 e. The van der Waals surface area contributed by atoms with Crippen molar-refractivity contribution in [3.8, 4) is 0 Å². The van der Waals surface area contributed by atoms with Gasteiger partial charge < -0.3 is 0 Å². The van der Waals surface area contributed by atoms with Gasteiger partial charge in [0.15, 0.2) is 5.82 Å². The minimum absolute atomic E-state index is 0.0429. The molecule has 1 unspecified atom stereocenters. The maximum atomic E-state index is 11.9. The summed E-state index contributed by atoms with van der Waals surface area (Å²) < 4.78 is 0. The van der Waals surface area contributed by atoms with Gasteiger partial charge in [-0.1, -0.05) is 37.3 Å². The summed E-state index contributed by atoms with van der Waals surface area (Å²) in [6, 6.07) is 9.62. The van der Waals surface area contributed by atoms with Gasteiger partial charge in [-0.05, 0) is 5.56 Å². The SMILES string of the molecule is CC(C(=O)c1ncn[nH]1)c1ccccc1. The number of rotatable bonds is 3. The molecule has 2 rings (SSSR count). The van der Waals surface area contributed by atoms with Crippen LogP contribution in [0.2, 0.25) is 0 Å². The normalized spacial score (nSPS) is 12.3. The standard InChI is InChI=1S/C11H11N3O/c1-8(9-5-3-2-4-6-9)10(15)11-12-7-13-14-11/h2-8H,1H3,(H,12,13,14). The highest BCUT2D eigenvalue weighted by Gasteiger charge is 2.18. The third kappa shape index (κ3) is 1.93. The molecule has 0 saturated carbocycles. The van der Waals surface area contributed by atoms with E-state index >= 15 is 0 Å². The first-order chi connectivity index (χ1) is 7.29. The van der Waals surface area contributed by atoms with E-state index < -0.39 is 0 Å². The summed E-state index contributed by atoms with van der Waals surface area (Å²) in [5.41, 5.74) is 0.985. The van der Waals surface area contributed by atoms with Gasteiger partial charge in [0, 0.05) is 5.92 Å². The van der Waals surface area contributed by atoms with Gasteiger partial charge in [0.05, 0.1) is 0 Å². The predicted molar refractivity (Wildman–Crippen MR) is 55.6 cm³/mol. The lowest BCUT2D eigenvalue weighted by Crippen LogP contribution is -2.11. The van der Waals surface area contributed by atoms with Crippen LogP contribution in [0.4, 0.5) is 0 Å². The topological polar surface area (TPSA) is 58.6 Å². The van der Waals surface area contributed by atoms with Crippen molar-refractivity contribution in [2.45, 2.75) is 12.8 Å². The van der Waals surface area contributed by atoms with Crippen molar-refractivity contribution >= 4 is 5.78 Å². The van der Waals surface area contributed by atoms with Crippen LogP contribution in [0.25, 0.3) is 0 Å². The third-order valence-electron chi connectivity index (χ3n) is 2.34. The van der Waals surface area contributed by atoms with E-state index in [1.54, 1.807) is 0 Å². The Bertz CT molecular complexity index is 436. The molecule has 1 aromatic heterocycles. The molecule has 0 radical (unpaired) electrons. The predicted octanol–water partition coefficient (Wildman–Crippen LogP) is 1.79. The largest absolute Gasteiger partial charge is 0.290 e. The van der Waals surface area contributed by atoms with E-state index in [0.29, 0.717) is 5.82 Å². The zero-order valence-corrected chi connectivity index (χ0v) is 8.34. The summed E-state index contributed by atoms with van der Waals surface area (Å²) in [5.74, 6) is 0.0733. The molecule has 2 aromatic rings. The molecular weight excluding hydrogens is 190 g/mol. The van der Waals surface area contributed by atoms with Crippen LogP contribution in [0.15, 0.2) is 36.7 Å². The van der Waals surface area contributed by atoms with Crippen LogP contribution >= 0.6 is 0 Å². The van der Waals surface area contributed by atoms with Gasteiger partial charge in [0.2, 0.25) is 5.78 Å². The first-order valence-electron chi connectivity index (χ1n) is 4.73. The Morgan fingerprint density at radius 1 is 1.33 bits per heavy atom. The molecular formula is C11H11N3O. The highest BCUT2D eigenvalue weighted by Crippen LogP contribution is 2.17. The number of hydrogen-bond donors (Lipinski definition) is 1. The molecule has 0 saturated heterocycles. The number of carbonyl (C=O) groups excluding carboxylic acids is 1. The van der Waals surface area contributed by atoms with Gasteiger partial charge in [0.1, 0.15) is 6.33 Å². The molecule has 15 heavy (non-hydrogen) atoms. The lowest BCUT2D eigenvalue weighted by Gasteiger charge is -2.07. The van der Waals surface area contributed by atoms with Gasteiger partial charge in [-0.15, -0.1) is 0 Å². The summed E-state index contributed by atoms with van der Waals surface area (Å²) >= 11 is 0. The zero-order chi connectivity index (χ0) is 10.7. The van der Waals surface area contributed by atoms with Crippen LogP contribution < -0.4 is 0 Å². The number of nitrogens with one attached hydrogen (secondary N) is 1. The monoisotopic (exact) mass is 201 g/mol. The fourth-order valence-electron chi connectivity index (χ4n) is 1.42. The molecule has 1 heterocycles. The second-order valence-corrected chi connectivity index (χ2v) is 3.33. The lowest BCUT2D eigenvalue weighted by atomic mass is 9.96. The average molecular weight is 201 g/mol. The van der Waals surface area contributed by atoms with Crippen molar-refractivity contribution in [2.24, 2.45) is 0 Å². The Labute approximate surface area is 87.4 Å². The van der Waals surface area contributed by atoms with Crippen molar-refractivity contribution < 1.29 is 4.79 Å². The molecule has 1 aromatic carbocycles. The molecule has 4 heteroatoms.